The number of rotatable bonds is 6. The summed E-state index contributed by atoms with van der Waals surface area (Å²) < 4.78 is 5.40. The molecule has 2 rings (SSSR count). The summed E-state index contributed by atoms with van der Waals surface area (Å²) in [5.41, 5.74) is 0.866. The number of aliphatic carboxylic acids is 1. The average molecular weight is 293 g/mol. The predicted octanol–water partition coefficient (Wildman–Crippen LogP) is 2.49. The Morgan fingerprint density at radius 2 is 2.10 bits per heavy atom. The first kappa shape index (κ1) is 15.5. The molecule has 1 heterocycles. The van der Waals surface area contributed by atoms with Crippen molar-refractivity contribution in [1.29, 1.82) is 0 Å². The van der Waals surface area contributed by atoms with Crippen LogP contribution in [-0.4, -0.2) is 34.2 Å². The van der Waals surface area contributed by atoms with Crippen molar-refractivity contribution >= 4 is 11.9 Å². The van der Waals surface area contributed by atoms with Crippen molar-refractivity contribution in [2.45, 2.75) is 39.5 Å². The fraction of sp³-hybridized carbons (Fsp3) is 0.667. The molecular weight excluding hydrogens is 270 g/mol. The van der Waals surface area contributed by atoms with Gasteiger partial charge in [-0.15, -0.1) is 0 Å². The van der Waals surface area contributed by atoms with E-state index in [0.29, 0.717) is 24.4 Å². The highest BCUT2D eigenvalue weighted by Crippen LogP contribution is 2.29. The number of hydrogen-bond donors (Lipinski definition) is 2. The minimum atomic E-state index is -0.662. The first-order chi connectivity index (χ1) is 10.1. The van der Waals surface area contributed by atoms with Gasteiger partial charge in [0.05, 0.1) is 12.5 Å². The summed E-state index contributed by atoms with van der Waals surface area (Å²) in [4.78, 5) is 19.6. The molecule has 1 saturated carbocycles. The Balaban J connectivity index is 1.85. The fourth-order valence-corrected chi connectivity index (χ4v) is 2.69. The largest absolute Gasteiger partial charge is 0.481 e. The topological polar surface area (TPSA) is 84.3 Å². The van der Waals surface area contributed by atoms with Crippen LogP contribution in [0.15, 0.2) is 6.07 Å². The zero-order valence-electron chi connectivity index (χ0n) is 12.6. The lowest BCUT2D eigenvalue weighted by molar-refractivity contribution is -0.143. The molecule has 2 N–H and O–H groups in total. The summed E-state index contributed by atoms with van der Waals surface area (Å²) >= 11 is 0. The number of ether oxygens (including phenoxy) is 1. The van der Waals surface area contributed by atoms with Gasteiger partial charge in [0.15, 0.2) is 0 Å². The highest BCUT2D eigenvalue weighted by atomic mass is 16.5. The maximum atomic E-state index is 10.9. The summed E-state index contributed by atoms with van der Waals surface area (Å²) in [6.45, 7) is 5.19. The van der Waals surface area contributed by atoms with E-state index in [9.17, 15) is 4.79 Å². The zero-order valence-corrected chi connectivity index (χ0v) is 12.6. The molecule has 1 fully saturated rings. The number of hydrogen-bond acceptors (Lipinski definition) is 5. The second-order valence-electron chi connectivity index (χ2n) is 5.54. The molecule has 0 aromatic carbocycles. The van der Waals surface area contributed by atoms with E-state index in [0.717, 1.165) is 37.9 Å². The van der Waals surface area contributed by atoms with Crippen molar-refractivity contribution in [2.24, 2.45) is 11.8 Å². The lowest BCUT2D eigenvalue weighted by Crippen LogP contribution is -2.25. The van der Waals surface area contributed by atoms with Gasteiger partial charge in [-0.3, -0.25) is 4.79 Å². The molecule has 0 bridgehead atoms. The molecule has 1 aromatic rings. The molecule has 1 aliphatic rings. The van der Waals surface area contributed by atoms with Crippen LogP contribution in [0.3, 0.4) is 0 Å². The molecule has 0 aliphatic heterocycles. The van der Waals surface area contributed by atoms with Gasteiger partial charge >= 0.3 is 5.97 Å². The van der Waals surface area contributed by atoms with E-state index in [2.05, 4.69) is 15.3 Å². The Hall–Kier alpha value is -1.85. The van der Waals surface area contributed by atoms with Crippen molar-refractivity contribution < 1.29 is 14.6 Å². The summed E-state index contributed by atoms with van der Waals surface area (Å²) in [6, 6.07) is 1.81. The van der Waals surface area contributed by atoms with Gasteiger partial charge in [0.1, 0.15) is 0 Å². The van der Waals surface area contributed by atoms with Gasteiger partial charge < -0.3 is 15.2 Å². The van der Waals surface area contributed by atoms with Crippen molar-refractivity contribution in [3.8, 4) is 5.88 Å². The number of nitrogens with one attached hydrogen (secondary N) is 1. The highest BCUT2D eigenvalue weighted by molar-refractivity contribution is 5.69. The van der Waals surface area contributed by atoms with Crippen LogP contribution in [0.2, 0.25) is 0 Å². The zero-order chi connectivity index (χ0) is 15.2. The molecule has 1 aliphatic carbocycles. The number of aromatic nitrogens is 2. The Bertz CT molecular complexity index is 485. The third-order valence-electron chi connectivity index (χ3n) is 3.87. The molecular formula is C15H23N3O3. The van der Waals surface area contributed by atoms with Gasteiger partial charge in [0.2, 0.25) is 11.8 Å². The van der Waals surface area contributed by atoms with Crippen molar-refractivity contribution in [3.05, 3.63) is 11.8 Å². The maximum Gasteiger partial charge on any atom is 0.306 e. The number of carboxylic acids is 1. The van der Waals surface area contributed by atoms with Gasteiger partial charge in [-0.25, -0.2) is 4.98 Å². The highest BCUT2D eigenvalue weighted by Gasteiger charge is 2.25. The van der Waals surface area contributed by atoms with Gasteiger partial charge in [-0.2, -0.15) is 4.98 Å². The molecule has 0 saturated heterocycles. The first-order valence-electron chi connectivity index (χ1n) is 7.53. The molecule has 0 radical (unpaired) electrons. The van der Waals surface area contributed by atoms with E-state index in [1.807, 2.05) is 19.9 Å². The second kappa shape index (κ2) is 7.24. The Morgan fingerprint density at radius 1 is 1.38 bits per heavy atom. The van der Waals surface area contributed by atoms with Crippen molar-refractivity contribution in [3.63, 3.8) is 0 Å². The SMILES string of the molecule is CCOc1cc(C)nc(NCC2CCC(C(=O)O)CC2)n1. The molecule has 0 spiro atoms. The summed E-state index contributed by atoms with van der Waals surface area (Å²) in [5.74, 6) is 0.826. The van der Waals surface area contributed by atoms with Crippen LogP contribution >= 0.6 is 0 Å². The average Bonchev–Trinajstić information content (AvgIpc) is 2.45. The van der Waals surface area contributed by atoms with Crippen LogP contribution < -0.4 is 10.1 Å². The molecule has 1 aromatic heterocycles. The summed E-state index contributed by atoms with van der Waals surface area (Å²) in [7, 11) is 0. The Labute approximate surface area is 124 Å². The van der Waals surface area contributed by atoms with Gasteiger partial charge in [-0.1, -0.05) is 0 Å². The van der Waals surface area contributed by atoms with Crippen molar-refractivity contribution in [1.82, 2.24) is 9.97 Å². The van der Waals surface area contributed by atoms with Gasteiger partial charge in [-0.05, 0) is 45.4 Å². The van der Waals surface area contributed by atoms with E-state index in [4.69, 9.17) is 9.84 Å². The third kappa shape index (κ3) is 4.58. The first-order valence-corrected chi connectivity index (χ1v) is 7.53. The summed E-state index contributed by atoms with van der Waals surface area (Å²) in [6.07, 6.45) is 3.41. The van der Waals surface area contributed by atoms with E-state index >= 15 is 0 Å². The summed E-state index contributed by atoms with van der Waals surface area (Å²) in [5, 5.41) is 12.2. The normalized spacial score (nSPS) is 21.8. The van der Waals surface area contributed by atoms with E-state index in [1.54, 1.807) is 0 Å². The Morgan fingerprint density at radius 3 is 2.71 bits per heavy atom. The smallest absolute Gasteiger partial charge is 0.306 e. The molecule has 6 nitrogen and oxygen atoms in total. The number of aryl methyl sites for hydroxylation is 1. The van der Waals surface area contributed by atoms with Crippen LogP contribution in [0.4, 0.5) is 5.95 Å². The van der Waals surface area contributed by atoms with Crippen LogP contribution in [0.25, 0.3) is 0 Å². The van der Waals surface area contributed by atoms with Crippen molar-refractivity contribution in [2.75, 3.05) is 18.5 Å². The van der Waals surface area contributed by atoms with E-state index in [-0.39, 0.29) is 5.92 Å². The predicted molar refractivity (Wildman–Crippen MR) is 79.5 cm³/mol. The second-order valence-corrected chi connectivity index (χ2v) is 5.54. The van der Waals surface area contributed by atoms with E-state index < -0.39 is 5.97 Å². The molecule has 116 valence electrons. The number of anilines is 1. The van der Waals surface area contributed by atoms with Crippen LogP contribution in [0, 0.1) is 18.8 Å². The fourth-order valence-electron chi connectivity index (χ4n) is 2.69. The standard InChI is InChI=1S/C15H23N3O3/c1-3-21-13-8-10(2)17-15(18-13)16-9-11-4-6-12(7-5-11)14(19)20/h8,11-12H,3-7,9H2,1-2H3,(H,19,20)(H,16,17,18). The lowest BCUT2D eigenvalue weighted by Gasteiger charge is -2.26. The number of carboxylic acid groups (broad SMARTS) is 1. The van der Waals surface area contributed by atoms with Crippen LogP contribution in [-0.2, 0) is 4.79 Å². The Kier molecular flexibility index (Phi) is 5.36. The lowest BCUT2D eigenvalue weighted by atomic mass is 9.82. The van der Waals surface area contributed by atoms with Crippen LogP contribution in [0.1, 0.15) is 38.3 Å². The molecule has 0 unspecified atom stereocenters. The third-order valence-corrected chi connectivity index (χ3v) is 3.87. The van der Waals surface area contributed by atoms with Crippen LogP contribution in [0.5, 0.6) is 5.88 Å². The number of carbonyl (C=O) groups is 1. The molecule has 0 amide bonds. The molecule has 6 heteroatoms. The molecule has 0 atom stereocenters. The van der Waals surface area contributed by atoms with Gasteiger partial charge in [0.25, 0.3) is 0 Å². The monoisotopic (exact) mass is 293 g/mol. The van der Waals surface area contributed by atoms with E-state index in [1.165, 1.54) is 0 Å². The maximum absolute atomic E-state index is 10.9. The van der Waals surface area contributed by atoms with Gasteiger partial charge in [0, 0.05) is 18.3 Å². The molecule has 21 heavy (non-hydrogen) atoms. The quantitative estimate of drug-likeness (QED) is 0.838. The minimum Gasteiger partial charge on any atom is -0.481 e. The number of nitrogens with zero attached hydrogens (tertiary/aromatic N) is 2. The minimum absolute atomic E-state index is 0.166.